The number of piperidine rings is 1. The lowest BCUT2D eigenvalue weighted by Crippen LogP contribution is -2.41. The zero-order chi connectivity index (χ0) is 22.7. The highest BCUT2D eigenvalue weighted by atomic mass is 19.4. The van der Waals surface area contributed by atoms with E-state index in [1.807, 2.05) is 19.2 Å². The maximum Gasteiger partial charge on any atom is 0.452 e. The fraction of sp³-hybridized carbons (Fsp3) is 0.304. The van der Waals surface area contributed by atoms with E-state index in [1.165, 1.54) is 0 Å². The summed E-state index contributed by atoms with van der Waals surface area (Å²) in [7, 11) is 1.96. The largest absolute Gasteiger partial charge is 0.452 e. The zero-order valence-electron chi connectivity index (χ0n) is 17.4. The number of hydrogen-bond donors (Lipinski definition) is 2. The summed E-state index contributed by atoms with van der Waals surface area (Å²) in [5, 5.41) is 5.77. The fourth-order valence-electron chi connectivity index (χ4n) is 3.74. The molecule has 0 unspecified atom stereocenters. The SMILES string of the molecule is CNC1CCN(c2ccc(NC(=O)c3nc(-c4ccccc4)oc3C(F)(F)F)cc2)CC1. The smallest absolute Gasteiger partial charge is 0.431 e. The van der Waals surface area contributed by atoms with E-state index in [0.29, 0.717) is 17.3 Å². The van der Waals surface area contributed by atoms with Crippen molar-refractivity contribution in [3.05, 3.63) is 66.1 Å². The molecule has 1 amide bonds. The second-order valence-electron chi connectivity index (χ2n) is 7.61. The van der Waals surface area contributed by atoms with Gasteiger partial charge in [-0.05, 0) is 56.3 Å². The van der Waals surface area contributed by atoms with Crippen LogP contribution in [0, 0.1) is 0 Å². The van der Waals surface area contributed by atoms with Crippen LogP contribution in [0.4, 0.5) is 24.5 Å². The number of nitrogens with one attached hydrogen (secondary N) is 2. The van der Waals surface area contributed by atoms with Crippen LogP contribution in [0.2, 0.25) is 0 Å². The molecule has 0 aliphatic carbocycles. The number of oxazole rings is 1. The van der Waals surface area contributed by atoms with Crippen LogP contribution in [-0.2, 0) is 6.18 Å². The molecule has 0 bridgehead atoms. The Bertz CT molecular complexity index is 1060. The standard InChI is InChI=1S/C23H23F3N4O2/c1-27-16-11-13-30(14-12-16)18-9-7-17(8-10-18)28-21(31)19-20(23(24,25)26)32-22(29-19)15-5-3-2-4-6-15/h2-10,16,27H,11-14H2,1H3,(H,28,31). The first kappa shape index (κ1) is 21.9. The average Bonchev–Trinajstić information content (AvgIpc) is 3.27. The first-order chi connectivity index (χ1) is 15.3. The van der Waals surface area contributed by atoms with Gasteiger partial charge in [-0.3, -0.25) is 4.79 Å². The summed E-state index contributed by atoms with van der Waals surface area (Å²) in [5.74, 6) is -2.66. The van der Waals surface area contributed by atoms with Crippen molar-refractivity contribution in [3.63, 3.8) is 0 Å². The molecule has 3 aromatic rings. The Morgan fingerprint density at radius 1 is 1.06 bits per heavy atom. The molecule has 2 N–H and O–H groups in total. The van der Waals surface area contributed by atoms with E-state index in [1.54, 1.807) is 42.5 Å². The number of hydrogen-bond acceptors (Lipinski definition) is 5. The van der Waals surface area contributed by atoms with Crippen LogP contribution in [-0.4, -0.2) is 37.1 Å². The van der Waals surface area contributed by atoms with E-state index < -0.39 is 23.5 Å². The third-order valence-corrected chi connectivity index (χ3v) is 5.51. The van der Waals surface area contributed by atoms with Crippen molar-refractivity contribution in [1.82, 2.24) is 10.3 Å². The normalized spacial score (nSPS) is 15.1. The van der Waals surface area contributed by atoms with Gasteiger partial charge in [0, 0.05) is 36.1 Å². The summed E-state index contributed by atoms with van der Waals surface area (Å²) in [6, 6.07) is 15.7. The number of anilines is 2. The molecule has 0 spiro atoms. The van der Waals surface area contributed by atoms with E-state index in [4.69, 9.17) is 4.42 Å². The highest BCUT2D eigenvalue weighted by Crippen LogP contribution is 2.35. The lowest BCUT2D eigenvalue weighted by Gasteiger charge is -2.33. The number of aromatic nitrogens is 1. The number of alkyl halides is 3. The molecule has 6 nitrogen and oxygen atoms in total. The predicted molar refractivity (Wildman–Crippen MR) is 116 cm³/mol. The first-order valence-corrected chi connectivity index (χ1v) is 10.3. The van der Waals surface area contributed by atoms with Gasteiger partial charge in [-0.1, -0.05) is 18.2 Å². The quantitative estimate of drug-likeness (QED) is 0.592. The van der Waals surface area contributed by atoms with Crippen LogP contribution in [0.15, 0.2) is 59.0 Å². The summed E-state index contributed by atoms with van der Waals surface area (Å²) in [6.45, 7) is 1.82. The van der Waals surface area contributed by atoms with Gasteiger partial charge in [-0.25, -0.2) is 4.98 Å². The Morgan fingerprint density at radius 2 is 1.72 bits per heavy atom. The summed E-state index contributed by atoms with van der Waals surface area (Å²) in [4.78, 5) is 18.7. The van der Waals surface area contributed by atoms with Crippen LogP contribution >= 0.6 is 0 Å². The zero-order valence-corrected chi connectivity index (χ0v) is 17.4. The minimum Gasteiger partial charge on any atom is -0.431 e. The summed E-state index contributed by atoms with van der Waals surface area (Å²) < 4.78 is 45.3. The third-order valence-electron chi connectivity index (χ3n) is 5.51. The molecule has 2 heterocycles. The molecule has 1 fully saturated rings. The molecule has 1 saturated heterocycles. The Balaban J connectivity index is 1.51. The van der Waals surface area contributed by atoms with Crippen molar-refractivity contribution >= 4 is 17.3 Å². The van der Waals surface area contributed by atoms with Gasteiger partial charge in [-0.2, -0.15) is 13.2 Å². The van der Waals surface area contributed by atoms with Crippen molar-refractivity contribution < 1.29 is 22.4 Å². The van der Waals surface area contributed by atoms with Gasteiger partial charge in [-0.15, -0.1) is 0 Å². The maximum atomic E-state index is 13.5. The number of nitrogens with zero attached hydrogens (tertiary/aromatic N) is 2. The van der Waals surface area contributed by atoms with Gasteiger partial charge in [0.15, 0.2) is 5.69 Å². The van der Waals surface area contributed by atoms with E-state index >= 15 is 0 Å². The van der Waals surface area contributed by atoms with Crippen LogP contribution in [0.25, 0.3) is 11.5 Å². The molecule has 2 aromatic carbocycles. The molecule has 1 aliphatic heterocycles. The second kappa shape index (κ2) is 9.04. The van der Waals surface area contributed by atoms with Crippen molar-refractivity contribution in [2.75, 3.05) is 30.4 Å². The van der Waals surface area contributed by atoms with Crippen LogP contribution in [0.5, 0.6) is 0 Å². The molecule has 32 heavy (non-hydrogen) atoms. The molecular formula is C23H23F3N4O2. The van der Waals surface area contributed by atoms with Crippen molar-refractivity contribution in [2.24, 2.45) is 0 Å². The Labute approximate surface area is 183 Å². The van der Waals surface area contributed by atoms with E-state index in [9.17, 15) is 18.0 Å². The lowest BCUT2D eigenvalue weighted by molar-refractivity contribution is -0.153. The minimum absolute atomic E-state index is 0.261. The number of carbonyl (C=O) groups excluding carboxylic acids is 1. The maximum absolute atomic E-state index is 13.5. The molecule has 0 saturated carbocycles. The fourth-order valence-corrected chi connectivity index (χ4v) is 3.74. The van der Waals surface area contributed by atoms with Gasteiger partial charge >= 0.3 is 6.18 Å². The Morgan fingerprint density at radius 3 is 2.31 bits per heavy atom. The Hall–Kier alpha value is -3.33. The minimum atomic E-state index is -4.85. The number of rotatable bonds is 5. The van der Waals surface area contributed by atoms with Gasteiger partial charge in [0.1, 0.15) is 0 Å². The van der Waals surface area contributed by atoms with Crippen LogP contribution in [0.1, 0.15) is 29.1 Å². The molecular weight excluding hydrogens is 421 g/mol. The first-order valence-electron chi connectivity index (χ1n) is 10.3. The predicted octanol–water partition coefficient (Wildman–Crippen LogP) is 4.80. The summed E-state index contributed by atoms with van der Waals surface area (Å²) in [6.07, 6.45) is -2.79. The number of benzene rings is 2. The van der Waals surface area contributed by atoms with E-state index in [0.717, 1.165) is 31.6 Å². The van der Waals surface area contributed by atoms with Crippen molar-refractivity contribution in [3.8, 4) is 11.5 Å². The van der Waals surface area contributed by atoms with Crippen molar-refractivity contribution in [1.29, 1.82) is 0 Å². The molecule has 4 rings (SSSR count). The molecule has 1 aliphatic rings. The van der Waals surface area contributed by atoms with Gasteiger partial charge in [0.05, 0.1) is 0 Å². The van der Waals surface area contributed by atoms with Gasteiger partial charge in [0.25, 0.3) is 5.91 Å². The van der Waals surface area contributed by atoms with E-state index in [-0.39, 0.29) is 5.89 Å². The Kier molecular flexibility index (Phi) is 6.18. The van der Waals surface area contributed by atoms with Crippen LogP contribution < -0.4 is 15.5 Å². The number of carbonyl (C=O) groups is 1. The highest BCUT2D eigenvalue weighted by molar-refractivity contribution is 6.04. The molecule has 168 valence electrons. The topological polar surface area (TPSA) is 70.4 Å². The molecule has 0 atom stereocenters. The molecule has 1 aromatic heterocycles. The highest BCUT2D eigenvalue weighted by Gasteiger charge is 2.42. The number of amides is 1. The number of halogens is 3. The lowest BCUT2D eigenvalue weighted by atomic mass is 10.0. The summed E-state index contributed by atoms with van der Waals surface area (Å²) in [5.41, 5.74) is 0.931. The summed E-state index contributed by atoms with van der Waals surface area (Å²) >= 11 is 0. The van der Waals surface area contributed by atoms with E-state index in [2.05, 4.69) is 20.5 Å². The third kappa shape index (κ3) is 4.77. The molecule has 9 heteroatoms. The average molecular weight is 444 g/mol. The second-order valence-corrected chi connectivity index (χ2v) is 7.61. The monoisotopic (exact) mass is 444 g/mol. The van der Waals surface area contributed by atoms with Crippen LogP contribution in [0.3, 0.4) is 0 Å². The van der Waals surface area contributed by atoms with Gasteiger partial charge < -0.3 is 20.0 Å². The van der Waals surface area contributed by atoms with Gasteiger partial charge in [0.2, 0.25) is 11.7 Å². The molecule has 0 radical (unpaired) electrons. The van der Waals surface area contributed by atoms with Crippen molar-refractivity contribution in [2.45, 2.75) is 25.1 Å².